The van der Waals surface area contributed by atoms with Gasteiger partial charge < -0.3 is 15.0 Å². The zero-order valence-electron chi connectivity index (χ0n) is 25.4. The number of aromatic amines is 1. The van der Waals surface area contributed by atoms with E-state index in [1.807, 2.05) is 35.2 Å². The predicted molar refractivity (Wildman–Crippen MR) is 172 cm³/mol. The summed E-state index contributed by atoms with van der Waals surface area (Å²) < 4.78 is 24.2. The van der Waals surface area contributed by atoms with Gasteiger partial charge in [0, 0.05) is 30.5 Å². The Bertz CT molecular complexity index is 2090. The molecule has 5 aromatic rings. The summed E-state index contributed by atoms with van der Waals surface area (Å²) in [5.74, 6) is -1.26. The van der Waals surface area contributed by atoms with E-state index in [4.69, 9.17) is 14.2 Å². The van der Waals surface area contributed by atoms with Gasteiger partial charge in [-0.1, -0.05) is 41.6 Å². The highest BCUT2D eigenvalue weighted by Crippen LogP contribution is 2.49. The van der Waals surface area contributed by atoms with Crippen LogP contribution in [0.2, 0.25) is 0 Å². The van der Waals surface area contributed by atoms with Crippen LogP contribution >= 0.6 is 11.3 Å². The summed E-state index contributed by atoms with van der Waals surface area (Å²) in [6.45, 7) is 0.629. The van der Waals surface area contributed by atoms with Gasteiger partial charge in [-0.2, -0.15) is 0 Å². The number of nitrogens with one attached hydrogen (secondary N) is 2. The normalized spacial score (nSPS) is 19.6. The Morgan fingerprint density at radius 2 is 1.87 bits per heavy atom. The fourth-order valence-electron chi connectivity index (χ4n) is 7.26. The number of pyridine rings is 1. The molecule has 3 aromatic heterocycles. The van der Waals surface area contributed by atoms with Crippen molar-refractivity contribution in [3.8, 4) is 21.8 Å². The molecule has 0 spiro atoms. The Balaban J connectivity index is 1.22. The fraction of sp³-hybridized carbons (Fsp3) is 0.286. The van der Waals surface area contributed by atoms with E-state index in [1.54, 1.807) is 25.3 Å². The number of halogens is 1. The van der Waals surface area contributed by atoms with Crippen molar-refractivity contribution in [2.75, 3.05) is 13.7 Å². The van der Waals surface area contributed by atoms with Crippen molar-refractivity contribution in [2.45, 2.75) is 50.3 Å². The Labute approximate surface area is 272 Å². The number of ether oxygens (including phenoxy) is 1. The third kappa shape index (κ3) is 5.08. The van der Waals surface area contributed by atoms with E-state index in [9.17, 15) is 18.8 Å². The largest absolute Gasteiger partial charge is 0.439 e. The minimum Gasteiger partial charge on any atom is -0.377 e. The smallest absolute Gasteiger partial charge is 0.377 e. The number of H-pyrrole nitrogens is 1. The Kier molecular flexibility index (Phi) is 7.33. The molecule has 2 aliphatic heterocycles. The molecule has 2 amide bonds. The zero-order chi connectivity index (χ0) is 32.2. The van der Waals surface area contributed by atoms with Gasteiger partial charge in [0.2, 0.25) is 0 Å². The van der Waals surface area contributed by atoms with Crippen LogP contribution in [0.25, 0.3) is 21.8 Å². The number of methoxy groups -OCH3 is 1. The minimum absolute atomic E-state index is 0.101. The second-order valence-electron chi connectivity index (χ2n) is 12.1. The first-order valence-corrected chi connectivity index (χ1v) is 16.4. The highest BCUT2D eigenvalue weighted by molar-refractivity contribution is 7.17. The standard InChI is InChI=1S/C35H30FN5O5S/c1-45-25-17-23(20-5-2-3-6-21(20)25)38-33(42)27-15-14-26(47-27)29-28(32-39-35(44)46-40-32)22(13-10-18-8-11-19(36)12-9-18)37-31-24-7-4-16-41(24)34(43)30(29)31/h2-3,5-6,8-9,11-12,14-15,23-25H,4,7,10,13,16-17H2,1H3,(H,38,42)(H,39,40,44)/t23-,24+,25+/m0/s1. The molecule has 0 unspecified atom stereocenters. The van der Waals surface area contributed by atoms with E-state index < -0.39 is 5.76 Å². The lowest BCUT2D eigenvalue weighted by molar-refractivity contribution is 0.0775. The van der Waals surface area contributed by atoms with E-state index in [0.717, 1.165) is 29.5 Å². The molecule has 1 aliphatic carbocycles. The number of nitrogens with zero attached hydrogens (tertiary/aromatic N) is 3. The first-order chi connectivity index (χ1) is 22.9. The number of thiophene rings is 1. The lowest BCUT2D eigenvalue weighted by Crippen LogP contribution is -2.26. The summed E-state index contributed by atoms with van der Waals surface area (Å²) in [5.41, 5.74) is 5.84. The number of carbonyl (C=O) groups excluding carboxylic acids is 2. The molecule has 3 aliphatic rings. The highest BCUT2D eigenvalue weighted by atomic mass is 32.1. The first-order valence-electron chi connectivity index (χ1n) is 15.6. The van der Waals surface area contributed by atoms with Crippen molar-refractivity contribution < 1.29 is 23.2 Å². The Morgan fingerprint density at radius 1 is 1.06 bits per heavy atom. The summed E-state index contributed by atoms with van der Waals surface area (Å²) in [5, 5.41) is 7.20. The van der Waals surface area contributed by atoms with Crippen LogP contribution < -0.4 is 11.1 Å². The third-order valence-electron chi connectivity index (χ3n) is 9.42. The maximum Gasteiger partial charge on any atom is 0.439 e. The number of hydrogen-bond acceptors (Lipinski definition) is 8. The molecule has 2 N–H and O–H groups in total. The minimum atomic E-state index is -0.736. The molecule has 0 radical (unpaired) electrons. The molecule has 0 bridgehead atoms. The number of aryl methyl sites for hydroxylation is 2. The van der Waals surface area contributed by atoms with Crippen molar-refractivity contribution >= 4 is 23.2 Å². The van der Waals surface area contributed by atoms with E-state index in [1.165, 1.54) is 23.5 Å². The molecule has 1 saturated heterocycles. The van der Waals surface area contributed by atoms with Gasteiger partial charge >= 0.3 is 5.76 Å². The number of fused-ring (bicyclic) bond motifs is 4. The van der Waals surface area contributed by atoms with Crippen molar-refractivity contribution in [3.05, 3.63) is 116 Å². The summed E-state index contributed by atoms with van der Waals surface area (Å²) in [7, 11) is 1.67. The molecule has 3 atom stereocenters. The fourth-order valence-corrected chi connectivity index (χ4v) is 8.22. The Morgan fingerprint density at radius 3 is 2.64 bits per heavy atom. The SMILES string of the molecule is CO[C@@H]1C[C@H](NC(=O)c2ccc(-c3c4c(nc(CCc5ccc(F)cc5)c3-c3noc(=O)[nH]3)[C@H]3CCCN3C4=O)s2)c2ccccc21. The molecule has 47 heavy (non-hydrogen) atoms. The molecule has 12 heteroatoms. The molecule has 1 fully saturated rings. The molecule has 8 rings (SSSR count). The average molecular weight is 652 g/mol. The van der Waals surface area contributed by atoms with E-state index in [-0.39, 0.29) is 41.6 Å². The molecule has 5 heterocycles. The lowest BCUT2D eigenvalue weighted by atomic mass is 9.93. The van der Waals surface area contributed by atoms with Crippen LogP contribution in [-0.4, -0.2) is 45.5 Å². The van der Waals surface area contributed by atoms with Crippen LogP contribution in [0.3, 0.4) is 0 Å². The molecule has 0 saturated carbocycles. The molecule has 238 valence electrons. The second kappa shape index (κ2) is 11.7. The molecular formula is C35H30FN5O5S. The summed E-state index contributed by atoms with van der Waals surface area (Å²) >= 11 is 1.27. The molecular weight excluding hydrogens is 621 g/mol. The van der Waals surface area contributed by atoms with E-state index in [2.05, 4.69) is 15.5 Å². The van der Waals surface area contributed by atoms with Crippen LogP contribution in [0.1, 0.15) is 85.6 Å². The zero-order valence-corrected chi connectivity index (χ0v) is 26.2. The van der Waals surface area contributed by atoms with Gasteiger partial charge in [0.25, 0.3) is 11.8 Å². The van der Waals surface area contributed by atoms with Gasteiger partial charge in [-0.15, -0.1) is 11.3 Å². The van der Waals surface area contributed by atoms with Gasteiger partial charge in [-0.25, -0.2) is 9.18 Å². The highest BCUT2D eigenvalue weighted by Gasteiger charge is 2.44. The lowest BCUT2D eigenvalue weighted by Gasteiger charge is -2.16. The number of rotatable bonds is 8. The predicted octanol–water partition coefficient (Wildman–Crippen LogP) is 5.93. The molecule has 2 aromatic carbocycles. The summed E-state index contributed by atoms with van der Waals surface area (Å²) in [6, 6.07) is 17.5. The number of hydrogen-bond donors (Lipinski definition) is 2. The van der Waals surface area contributed by atoms with Crippen LogP contribution in [0.4, 0.5) is 4.39 Å². The van der Waals surface area contributed by atoms with Crippen molar-refractivity contribution in [2.24, 2.45) is 0 Å². The van der Waals surface area contributed by atoms with Gasteiger partial charge in [0.15, 0.2) is 5.82 Å². The molecule has 10 nitrogen and oxygen atoms in total. The van der Waals surface area contributed by atoms with Gasteiger partial charge in [-0.3, -0.25) is 24.1 Å². The number of amides is 2. The van der Waals surface area contributed by atoms with Gasteiger partial charge in [0.05, 0.1) is 45.6 Å². The topological polar surface area (TPSA) is 130 Å². The Hall–Kier alpha value is -4.94. The third-order valence-corrected chi connectivity index (χ3v) is 10.5. The second-order valence-corrected chi connectivity index (χ2v) is 13.2. The maximum atomic E-state index is 14.0. The van der Waals surface area contributed by atoms with Crippen molar-refractivity contribution in [1.82, 2.24) is 25.3 Å². The van der Waals surface area contributed by atoms with Crippen molar-refractivity contribution in [1.29, 1.82) is 0 Å². The number of benzene rings is 2. The van der Waals surface area contributed by atoms with Crippen LogP contribution in [0.5, 0.6) is 0 Å². The average Bonchev–Trinajstić information content (AvgIpc) is 3.92. The first kappa shape index (κ1) is 29.5. The van der Waals surface area contributed by atoms with E-state index in [0.29, 0.717) is 63.6 Å². The van der Waals surface area contributed by atoms with E-state index >= 15 is 0 Å². The van der Waals surface area contributed by atoms with Gasteiger partial charge in [0.1, 0.15) is 5.82 Å². The number of aromatic nitrogens is 3. The van der Waals surface area contributed by atoms with Crippen LogP contribution in [0.15, 0.2) is 70.0 Å². The monoisotopic (exact) mass is 651 g/mol. The maximum absolute atomic E-state index is 14.0. The number of carbonyl (C=O) groups is 2. The summed E-state index contributed by atoms with van der Waals surface area (Å²) in [4.78, 5) is 50.6. The van der Waals surface area contributed by atoms with Crippen molar-refractivity contribution in [3.63, 3.8) is 0 Å². The quantitative estimate of drug-likeness (QED) is 0.213. The van der Waals surface area contributed by atoms with Crippen LogP contribution in [0, 0.1) is 5.82 Å². The van der Waals surface area contributed by atoms with Gasteiger partial charge in [-0.05, 0) is 66.6 Å². The van der Waals surface area contributed by atoms with Crippen LogP contribution in [-0.2, 0) is 17.6 Å². The summed E-state index contributed by atoms with van der Waals surface area (Å²) in [6.07, 6.45) is 3.17.